The van der Waals surface area contributed by atoms with E-state index < -0.39 is 0 Å². The highest BCUT2D eigenvalue weighted by Crippen LogP contribution is 2.43. The first-order chi connectivity index (χ1) is 15.6. The van der Waals surface area contributed by atoms with Crippen LogP contribution in [0.25, 0.3) is 0 Å². The van der Waals surface area contributed by atoms with Crippen LogP contribution in [0.4, 0.5) is 11.4 Å². The van der Waals surface area contributed by atoms with Gasteiger partial charge in [-0.1, -0.05) is 43.7 Å². The van der Waals surface area contributed by atoms with Gasteiger partial charge >= 0.3 is 0 Å². The van der Waals surface area contributed by atoms with Crippen LogP contribution in [-0.2, 0) is 11.2 Å². The Kier molecular flexibility index (Phi) is 6.81. The minimum Gasteiger partial charge on any atom is -0.497 e. The number of methoxy groups -OCH3 is 1. The van der Waals surface area contributed by atoms with Gasteiger partial charge in [-0.2, -0.15) is 0 Å². The maximum Gasteiger partial charge on any atom is 0.255 e. The summed E-state index contributed by atoms with van der Waals surface area (Å²) in [6, 6.07) is 22.8. The molecule has 0 saturated carbocycles. The standard InChI is InChI=1S/C26H26N2O3S/c1-3-7-18-8-4-5-11-23(18)28-24(29)17-32-26(28)20-9-6-10-21(16-20)27-25(30)19-12-14-22(31-2)15-13-19/h4-6,8-16,26H,3,7,17H2,1-2H3,(H,27,30)/t26-/m1/s1. The largest absolute Gasteiger partial charge is 0.497 e. The number of rotatable bonds is 7. The fourth-order valence-electron chi connectivity index (χ4n) is 3.87. The second kappa shape index (κ2) is 9.92. The number of aryl methyl sites for hydroxylation is 1. The molecule has 1 fully saturated rings. The number of nitrogens with one attached hydrogen (secondary N) is 1. The zero-order valence-electron chi connectivity index (χ0n) is 18.2. The minimum atomic E-state index is -0.190. The van der Waals surface area contributed by atoms with Crippen LogP contribution in [0.2, 0.25) is 0 Å². The Balaban J connectivity index is 1.58. The summed E-state index contributed by atoms with van der Waals surface area (Å²) in [4.78, 5) is 27.4. The van der Waals surface area contributed by atoms with Crippen molar-refractivity contribution in [1.29, 1.82) is 0 Å². The molecule has 0 spiro atoms. The predicted molar refractivity (Wildman–Crippen MR) is 131 cm³/mol. The van der Waals surface area contributed by atoms with E-state index in [1.54, 1.807) is 43.1 Å². The molecule has 1 heterocycles. The van der Waals surface area contributed by atoms with Crippen molar-refractivity contribution in [1.82, 2.24) is 0 Å². The highest BCUT2D eigenvalue weighted by atomic mass is 32.2. The van der Waals surface area contributed by atoms with E-state index in [4.69, 9.17) is 4.74 Å². The second-order valence-electron chi connectivity index (χ2n) is 7.61. The normalized spacial score (nSPS) is 15.6. The maximum atomic E-state index is 12.8. The molecule has 1 aliphatic heterocycles. The van der Waals surface area contributed by atoms with E-state index in [9.17, 15) is 9.59 Å². The number of hydrogen-bond donors (Lipinski definition) is 1. The molecule has 0 aromatic heterocycles. The van der Waals surface area contributed by atoms with Gasteiger partial charge in [-0.15, -0.1) is 11.8 Å². The van der Waals surface area contributed by atoms with Crippen molar-refractivity contribution in [3.05, 3.63) is 89.5 Å². The van der Waals surface area contributed by atoms with Gasteiger partial charge in [0.2, 0.25) is 5.91 Å². The van der Waals surface area contributed by atoms with Crippen molar-refractivity contribution in [2.24, 2.45) is 0 Å². The van der Waals surface area contributed by atoms with E-state index in [1.807, 2.05) is 47.4 Å². The Morgan fingerprint density at radius 3 is 2.62 bits per heavy atom. The van der Waals surface area contributed by atoms with Gasteiger partial charge in [0.15, 0.2) is 0 Å². The Bertz CT molecular complexity index is 1110. The fraction of sp³-hybridized carbons (Fsp3) is 0.231. The average molecular weight is 447 g/mol. The van der Waals surface area contributed by atoms with E-state index in [2.05, 4.69) is 18.3 Å². The van der Waals surface area contributed by atoms with Gasteiger partial charge in [0.1, 0.15) is 11.1 Å². The third-order valence-corrected chi connectivity index (χ3v) is 6.63. The maximum absolute atomic E-state index is 12.8. The third kappa shape index (κ3) is 4.65. The third-order valence-electron chi connectivity index (χ3n) is 5.42. The lowest BCUT2D eigenvalue weighted by Crippen LogP contribution is -2.28. The number of carbonyl (C=O) groups is 2. The molecule has 1 aliphatic rings. The van der Waals surface area contributed by atoms with Crippen LogP contribution in [0.1, 0.15) is 40.2 Å². The number of hydrogen-bond acceptors (Lipinski definition) is 4. The molecule has 1 N–H and O–H groups in total. The van der Waals surface area contributed by atoms with E-state index >= 15 is 0 Å². The number of carbonyl (C=O) groups excluding carboxylic acids is 2. The molecule has 1 saturated heterocycles. The summed E-state index contributed by atoms with van der Waals surface area (Å²) in [6.45, 7) is 2.14. The van der Waals surface area contributed by atoms with Gasteiger partial charge in [-0.3, -0.25) is 14.5 Å². The van der Waals surface area contributed by atoms with Crippen LogP contribution in [0.3, 0.4) is 0 Å². The lowest BCUT2D eigenvalue weighted by atomic mass is 10.1. The highest BCUT2D eigenvalue weighted by molar-refractivity contribution is 8.00. The summed E-state index contributed by atoms with van der Waals surface area (Å²) in [6.07, 6.45) is 1.94. The molecule has 3 aromatic rings. The number of benzene rings is 3. The summed E-state index contributed by atoms with van der Waals surface area (Å²) in [5.41, 5.74) is 4.39. The lowest BCUT2D eigenvalue weighted by Gasteiger charge is -2.27. The number of anilines is 2. The van der Waals surface area contributed by atoms with Crippen molar-refractivity contribution in [2.75, 3.05) is 23.1 Å². The smallest absolute Gasteiger partial charge is 0.255 e. The Morgan fingerprint density at radius 2 is 1.88 bits per heavy atom. The summed E-state index contributed by atoms with van der Waals surface area (Å²) in [5.74, 6) is 1.06. The second-order valence-corrected chi connectivity index (χ2v) is 8.68. The monoisotopic (exact) mass is 446 g/mol. The molecule has 32 heavy (non-hydrogen) atoms. The van der Waals surface area contributed by atoms with Gasteiger partial charge in [-0.05, 0) is 60.0 Å². The van der Waals surface area contributed by atoms with Crippen molar-refractivity contribution >= 4 is 35.0 Å². The zero-order valence-corrected chi connectivity index (χ0v) is 19.0. The van der Waals surface area contributed by atoms with Gasteiger partial charge < -0.3 is 10.1 Å². The SMILES string of the molecule is CCCc1ccccc1N1C(=O)CS[C@@H]1c1cccc(NC(=O)c2ccc(OC)cc2)c1. The zero-order chi connectivity index (χ0) is 22.5. The molecule has 0 unspecified atom stereocenters. The van der Waals surface area contributed by atoms with E-state index in [0.29, 0.717) is 22.8 Å². The Labute approximate surface area is 192 Å². The summed E-state index contributed by atoms with van der Waals surface area (Å²) in [7, 11) is 1.59. The number of thioether (sulfide) groups is 1. The number of nitrogens with zero attached hydrogens (tertiary/aromatic N) is 1. The van der Waals surface area contributed by atoms with Gasteiger partial charge in [0.25, 0.3) is 5.91 Å². The molecule has 4 rings (SSSR count). The number of amides is 2. The topological polar surface area (TPSA) is 58.6 Å². The quantitative estimate of drug-likeness (QED) is 0.507. The number of para-hydroxylation sites is 1. The van der Waals surface area contributed by atoms with Gasteiger partial charge in [-0.25, -0.2) is 0 Å². The van der Waals surface area contributed by atoms with Crippen LogP contribution in [0.15, 0.2) is 72.8 Å². The lowest BCUT2D eigenvalue weighted by molar-refractivity contribution is -0.115. The van der Waals surface area contributed by atoms with Crippen molar-refractivity contribution in [3.63, 3.8) is 0 Å². The van der Waals surface area contributed by atoms with Crippen molar-refractivity contribution in [3.8, 4) is 5.75 Å². The molecular formula is C26H26N2O3S. The first-order valence-electron chi connectivity index (χ1n) is 10.7. The average Bonchev–Trinajstić information content (AvgIpc) is 3.21. The summed E-state index contributed by atoms with van der Waals surface area (Å²) < 4.78 is 5.15. The molecule has 0 bridgehead atoms. The van der Waals surface area contributed by atoms with Crippen molar-refractivity contribution in [2.45, 2.75) is 25.1 Å². The van der Waals surface area contributed by atoms with Crippen LogP contribution >= 0.6 is 11.8 Å². The molecule has 0 radical (unpaired) electrons. The molecule has 0 aliphatic carbocycles. The molecule has 164 valence electrons. The summed E-state index contributed by atoms with van der Waals surface area (Å²) >= 11 is 1.61. The molecule has 1 atom stereocenters. The van der Waals surface area contributed by atoms with Crippen molar-refractivity contribution < 1.29 is 14.3 Å². The Morgan fingerprint density at radius 1 is 1.09 bits per heavy atom. The molecule has 6 heteroatoms. The predicted octanol–water partition coefficient (Wildman–Crippen LogP) is 5.68. The van der Waals surface area contributed by atoms with Gasteiger partial charge in [0.05, 0.1) is 12.9 Å². The van der Waals surface area contributed by atoms with E-state index in [0.717, 1.165) is 24.1 Å². The van der Waals surface area contributed by atoms with Crippen LogP contribution in [0.5, 0.6) is 5.75 Å². The van der Waals surface area contributed by atoms with Gasteiger partial charge in [0, 0.05) is 16.9 Å². The van der Waals surface area contributed by atoms with Crippen LogP contribution < -0.4 is 15.0 Å². The molecule has 5 nitrogen and oxygen atoms in total. The number of ether oxygens (including phenoxy) is 1. The highest BCUT2D eigenvalue weighted by Gasteiger charge is 2.35. The minimum absolute atomic E-state index is 0.108. The molecule has 3 aromatic carbocycles. The Hall–Kier alpha value is -3.25. The molecular weight excluding hydrogens is 420 g/mol. The van der Waals surface area contributed by atoms with E-state index in [-0.39, 0.29) is 17.2 Å². The van der Waals surface area contributed by atoms with Crippen LogP contribution in [0, 0.1) is 0 Å². The first kappa shape index (κ1) is 22.0. The van der Waals surface area contributed by atoms with E-state index in [1.165, 1.54) is 5.56 Å². The summed E-state index contributed by atoms with van der Waals surface area (Å²) in [5, 5.41) is 2.84. The fourth-order valence-corrected chi connectivity index (χ4v) is 5.03. The first-order valence-corrected chi connectivity index (χ1v) is 11.7. The van der Waals surface area contributed by atoms with Crippen LogP contribution in [-0.4, -0.2) is 24.7 Å². The molecule has 2 amide bonds.